The second-order valence-electron chi connectivity index (χ2n) is 2.83. The average molecular weight is 192 g/mol. The summed E-state index contributed by atoms with van der Waals surface area (Å²) in [6.45, 7) is 0. The fraction of sp³-hybridized carbons (Fsp3) is 0. The molecule has 0 aliphatic carbocycles. The highest BCUT2D eigenvalue weighted by molar-refractivity contribution is 7.48. The molecular formula is C10H9O2P. The minimum absolute atomic E-state index is 0.545. The average Bonchev–Trinajstić information content (AvgIpc) is 2.17. The van der Waals surface area contributed by atoms with Gasteiger partial charge in [-0.05, 0) is 16.8 Å². The van der Waals surface area contributed by atoms with Crippen molar-refractivity contribution in [2.75, 3.05) is 0 Å². The summed E-state index contributed by atoms with van der Waals surface area (Å²) < 4.78 is 11.0. The van der Waals surface area contributed by atoms with Crippen molar-refractivity contribution in [3.8, 4) is 0 Å². The molecule has 0 aliphatic heterocycles. The number of rotatable bonds is 1. The van der Waals surface area contributed by atoms with Crippen molar-refractivity contribution in [2.24, 2.45) is 0 Å². The minimum Gasteiger partial charge on any atom is -0.343 e. The predicted octanol–water partition coefficient (Wildman–Crippen LogP) is 1.93. The van der Waals surface area contributed by atoms with E-state index in [0.29, 0.717) is 5.30 Å². The summed E-state index contributed by atoms with van der Waals surface area (Å²) in [5.74, 6) is 0. The normalized spacial score (nSPS) is 13.0. The summed E-state index contributed by atoms with van der Waals surface area (Å²) in [7, 11) is -2.59. The molecule has 0 amide bonds. The van der Waals surface area contributed by atoms with Gasteiger partial charge in [-0.2, -0.15) is 0 Å². The lowest BCUT2D eigenvalue weighted by molar-refractivity contribution is 0.513. The van der Waals surface area contributed by atoms with Crippen LogP contribution in [0.15, 0.2) is 42.5 Å². The van der Waals surface area contributed by atoms with Gasteiger partial charge in [0.15, 0.2) is 0 Å². The van der Waals surface area contributed by atoms with E-state index in [0.717, 1.165) is 10.8 Å². The van der Waals surface area contributed by atoms with Gasteiger partial charge >= 0.3 is 0 Å². The van der Waals surface area contributed by atoms with E-state index in [9.17, 15) is 4.57 Å². The van der Waals surface area contributed by atoms with Crippen molar-refractivity contribution in [3.05, 3.63) is 42.5 Å². The maximum atomic E-state index is 11.0. The molecule has 13 heavy (non-hydrogen) atoms. The van der Waals surface area contributed by atoms with Crippen LogP contribution in [0.4, 0.5) is 0 Å². The van der Waals surface area contributed by atoms with Crippen LogP contribution in [0.3, 0.4) is 0 Å². The first-order valence-electron chi connectivity index (χ1n) is 4.00. The Balaban J connectivity index is 2.83. The summed E-state index contributed by atoms with van der Waals surface area (Å²) in [6, 6.07) is 13.0. The molecule has 0 heterocycles. The Labute approximate surface area is 76.7 Å². The molecule has 0 aliphatic rings. The van der Waals surface area contributed by atoms with Crippen LogP contribution in [0.2, 0.25) is 0 Å². The second-order valence-corrected chi connectivity index (χ2v) is 3.98. The Hall–Kier alpha value is -1.11. The highest BCUT2D eigenvalue weighted by Crippen LogP contribution is 2.20. The van der Waals surface area contributed by atoms with Crippen molar-refractivity contribution in [3.63, 3.8) is 0 Å². The number of benzene rings is 2. The topological polar surface area (TPSA) is 37.3 Å². The van der Waals surface area contributed by atoms with Gasteiger partial charge in [-0.1, -0.05) is 36.4 Å². The van der Waals surface area contributed by atoms with E-state index in [-0.39, 0.29) is 0 Å². The highest BCUT2D eigenvalue weighted by Gasteiger charge is 2.03. The van der Waals surface area contributed by atoms with E-state index in [2.05, 4.69) is 0 Å². The van der Waals surface area contributed by atoms with Gasteiger partial charge in [-0.3, -0.25) is 4.57 Å². The van der Waals surface area contributed by atoms with Crippen molar-refractivity contribution >= 4 is 24.1 Å². The third-order valence-electron chi connectivity index (χ3n) is 2.02. The zero-order valence-electron chi connectivity index (χ0n) is 6.90. The van der Waals surface area contributed by atoms with Crippen LogP contribution in [0.5, 0.6) is 0 Å². The van der Waals surface area contributed by atoms with E-state index >= 15 is 0 Å². The maximum absolute atomic E-state index is 11.0. The molecule has 2 rings (SSSR count). The van der Waals surface area contributed by atoms with Crippen molar-refractivity contribution < 1.29 is 9.46 Å². The lowest BCUT2D eigenvalue weighted by Crippen LogP contribution is -1.96. The van der Waals surface area contributed by atoms with Crippen LogP contribution < -0.4 is 5.30 Å². The molecular weight excluding hydrogens is 183 g/mol. The fourth-order valence-corrected chi connectivity index (χ4v) is 2.11. The molecule has 0 saturated carbocycles. The third kappa shape index (κ3) is 1.51. The number of fused-ring (bicyclic) bond motifs is 1. The standard InChI is InChI=1S/C10H9O2P/c11-13(12)10-7-3-5-8-4-1-2-6-9(8)10/h1-7,13H,(H,11,12). The first-order chi connectivity index (χ1) is 6.29. The van der Waals surface area contributed by atoms with Crippen LogP contribution >= 0.6 is 8.03 Å². The molecule has 2 aromatic carbocycles. The monoisotopic (exact) mass is 192 g/mol. The summed E-state index contributed by atoms with van der Waals surface area (Å²) in [5, 5.41) is 2.42. The molecule has 0 spiro atoms. The lowest BCUT2D eigenvalue weighted by Gasteiger charge is -2.01. The van der Waals surface area contributed by atoms with Crippen LogP contribution in [-0.4, -0.2) is 4.89 Å². The molecule has 1 atom stereocenters. The van der Waals surface area contributed by atoms with Crippen molar-refractivity contribution in [2.45, 2.75) is 0 Å². The summed E-state index contributed by atoms with van der Waals surface area (Å²) in [5.41, 5.74) is 0. The first kappa shape index (κ1) is 8.49. The molecule has 0 bridgehead atoms. The van der Waals surface area contributed by atoms with Crippen LogP contribution in [0, 0.1) is 0 Å². The predicted molar refractivity (Wildman–Crippen MR) is 54.8 cm³/mol. The van der Waals surface area contributed by atoms with Crippen LogP contribution in [-0.2, 0) is 4.57 Å². The molecule has 1 N–H and O–H groups in total. The Bertz CT molecular complexity index is 460. The largest absolute Gasteiger partial charge is 0.343 e. The molecule has 0 fully saturated rings. The first-order valence-corrected chi connectivity index (χ1v) is 5.35. The second kappa shape index (κ2) is 3.33. The third-order valence-corrected chi connectivity index (χ3v) is 2.92. The van der Waals surface area contributed by atoms with Gasteiger partial charge in [-0.25, -0.2) is 0 Å². The molecule has 2 nitrogen and oxygen atoms in total. The summed E-state index contributed by atoms with van der Waals surface area (Å²) >= 11 is 0. The summed E-state index contributed by atoms with van der Waals surface area (Å²) in [6.07, 6.45) is 0. The van der Waals surface area contributed by atoms with Gasteiger partial charge in [0.2, 0.25) is 8.03 Å². The Kier molecular flexibility index (Phi) is 2.17. The lowest BCUT2D eigenvalue weighted by atomic mass is 10.1. The number of hydrogen-bond acceptors (Lipinski definition) is 1. The van der Waals surface area contributed by atoms with Crippen molar-refractivity contribution in [1.82, 2.24) is 0 Å². The van der Waals surface area contributed by atoms with Crippen LogP contribution in [0.1, 0.15) is 0 Å². The Morgan fingerprint density at radius 1 is 1.00 bits per heavy atom. The Morgan fingerprint density at radius 3 is 2.46 bits per heavy atom. The molecule has 0 aromatic heterocycles. The molecule has 66 valence electrons. The molecule has 0 radical (unpaired) electrons. The number of hydrogen-bond donors (Lipinski definition) is 1. The minimum atomic E-state index is -2.59. The Morgan fingerprint density at radius 2 is 1.69 bits per heavy atom. The molecule has 1 unspecified atom stereocenters. The van der Waals surface area contributed by atoms with E-state index < -0.39 is 8.03 Å². The highest BCUT2D eigenvalue weighted by atomic mass is 31.1. The van der Waals surface area contributed by atoms with E-state index in [4.69, 9.17) is 4.89 Å². The van der Waals surface area contributed by atoms with Gasteiger partial charge < -0.3 is 4.89 Å². The summed E-state index contributed by atoms with van der Waals surface area (Å²) in [4.78, 5) is 9.07. The van der Waals surface area contributed by atoms with E-state index in [1.165, 1.54) is 0 Å². The molecule has 0 saturated heterocycles. The SMILES string of the molecule is O=[PH](O)c1cccc2ccccc12. The zero-order chi connectivity index (χ0) is 9.26. The smallest absolute Gasteiger partial charge is 0.218 e. The molecule has 3 heteroatoms. The molecule has 2 aromatic rings. The van der Waals surface area contributed by atoms with Gasteiger partial charge in [0.1, 0.15) is 0 Å². The van der Waals surface area contributed by atoms with Gasteiger partial charge in [0.25, 0.3) is 0 Å². The van der Waals surface area contributed by atoms with E-state index in [1.54, 1.807) is 12.1 Å². The van der Waals surface area contributed by atoms with Crippen molar-refractivity contribution in [1.29, 1.82) is 0 Å². The maximum Gasteiger partial charge on any atom is 0.218 e. The van der Waals surface area contributed by atoms with Crippen LogP contribution in [0.25, 0.3) is 10.8 Å². The van der Waals surface area contributed by atoms with Gasteiger partial charge in [-0.15, -0.1) is 0 Å². The quantitative estimate of drug-likeness (QED) is 0.701. The van der Waals surface area contributed by atoms with Gasteiger partial charge in [0.05, 0.1) is 0 Å². The fourth-order valence-electron chi connectivity index (χ4n) is 1.41. The van der Waals surface area contributed by atoms with E-state index in [1.807, 2.05) is 30.3 Å². The zero-order valence-corrected chi connectivity index (χ0v) is 7.90. The van der Waals surface area contributed by atoms with Gasteiger partial charge in [0, 0.05) is 5.30 Å².